The Labute approximate surface area is 139 Å². The zero-order chi connectivity index (χ0) is 16.1. The fourth-order valence-corrected chi connectivity index (χ4v) is 2.40. The van der Waals surface area contributed by atoms with Crippen LogP contribution in [0.2, 0.25) is 5.15 Å². The van der Waals surface area contributed by atoms with Gasteiger partial charge in [-0.3, -0.25) is 9.58 Å². The van der Waals surface area contributed by atoms with E-state index >= 15 is 0 Å². The number of nitrogens with zero attached hydrogens (tertiary/aromatic N) is 4. The van der Waals surface area contributed by atoms with Crippen LogP contribution in [0.1, 0.15) is 11.1 Å². The second-order valence-electron chi connectivity index (χ2n) is 5.18. The molecule has 23 heavy (non-hydrogen) atoms. The van der Waals surface area contributed by atoms with Crippen molar-refractivity contribution in [1.82, 2.24) is 19.7 Å². The van der Waals surface area contributed by atoms with E-state index in [1.807, 2.05) is 10.9 Å². The quantitative estimate of drug-likeness (QED) is 0.634. The number of hydrogen-bond donors (Lipinski definition) is 0. The summed E-state index contributed by atoms with van der Waals surface area (Å²) in [6.45, 7) is 5.20. The van der Waals surface area contributed by atoms with Crippen molar-refractivity contribution in [3.8, 4) is 11.8 Å². The normalized spacial score (nSPS) is 15.2. The van der Waals surface area contributed by atoms with E-state index in [-0.39, 0.29) is 10.7 Å². The molecule has 0 aliphatic carbocycles. The van der Waals surface area contributed by atoms with Crippen LogP contribution in [0.5, 0.6) is 0 Å². The molecule has 5 nitrogen and oxygen atoms in total. The Hall–Kier alpha value is -1.94. The van der Waals surface area contributed by atoms with Crippen molar-refractivity contribution in [2.45, 2.75) is 6.54 Å². The predicted octanol–water partition coefficient (Wildman–Crippen LogP) is 1.80. The summed E-state index contributed by atoms with van der Waals surface area (Å²) in [6, 6.07) is 1.15. The Kier molecular flexibility index (Phi) is 5.23. The molecule has 1 aliphatic heterocycles. The van der Waals surface area contributed by atoms with Crippen molar-refractivity contribution < 1.29 is 9.13 Å². The fraction of sp³-hybridized carbons (Fsp3) is 0.375. The van der Waals surface area contributed by atoms with E-state index in [4.69, 9.17) is 16.3 Å². The number of rotatable bonds is 3. The maximum absolute atomic E-state index is 13.6. The third kappa shape index (κ3) is 4.52. The first-order valence-electron chi connectivity index (χ1n) is 7.36. The number of ether oxygens (including phenoxy) is 1. The Balaban J connectivity index is 1.60. The van der Waals surface area contributed by atoms with Gasteiger partial charge in [0.1, 0.15) is 11.0 Å². The summed E-state index contributed by atoms with van der Waals surface area (Å²) in [5.41, 5.74) is 0.955. The van der Waals surface area contributed by atoms with Crippen LogP contribution in [0.25, 0.3) is 0 Å². The van der Waals surface area contributed by atoms with E-state index in [1.165, 1.54) is 6.20 Å². The van der Waals surface area contributed by atoms with Crippen molar-refractivity contribution in [2.24, 2.45) is 0 Å². The highest BCUT2D eigenvalue weighted by atomic mass is 35.5. The fourth-order valence-electron chi connectivity index (χ4n) is 2.26. The van der Waals surface area contributed by atoms with Crippen LogP contribution >= 0.6 is 11.6 Å². The smallest absolute Gasteiger partial charge is 0.143 e. The summed E-state index contributed by atoms with van der Waals surface area (Å²) in [6.07, 6.45) is 4.86. The van der Waals surface area contributed by atoms with Crippen LogP contribution in [0, 0.1) is 17.7 Å². The van der Waals surface area contributed by atoms with Gasteiger partial charge in [0, 0.05) is 38.1 Å². The van der Waals surface area contributed by atoms with Crippen LogP contribution in [0.3, 0.4) is 0 Å². The van der Waals surface area contributed by atoms with Crippen molar-refractivity contribution in [3.63, 3.8) is 0 Å². The lowest BCUT2D eigenvalue weighted by atomic mass is 10.2. The third-order valence-electron chi connectivity index (χ3n) is 3.54. The standard InChI is InChI=1S/C16H16ClFN4O/c17-16-9-15(18)14(11-19-16)2-1-13-10-20-22(12-13)4-3-21-5-7-23-8-6-21/h9-12H,3-8H2. The molecule has 0 unspecified atom stereocenters. The van der Waals surface area contributed by atoms with Gasteiger partial charge in [0.05, 0.1) is 37.1 Å². The number of halogens is 2. The molecule has 0 amide bonds. The van der Waals surface area contributed by atoms with Gasteiger partial charge in [0.15, 0.2) is 0 Å². The molecule has 1 fully saturated rings. The van der Waals surface area contributed by atoms with Crippen LogP contribution in [-0.2, 0) is 11.3 Å². The molecule has 2 aromatic heterocycles. The van der Waals surface area contributed by atoms with Crippen molar-refractivity contribution in [3.05, 3.63) is 46.8 Å². The van der Waals surface area contributed by atoms with Gasteiger partial charge >= 0.3 is 0 Å². The van der Waals surface area contributed by atoms with E-state index < -0.39 is 5.82 Å². The molecular formula is C16H16ClFN4O. The Morgan fingerprint density at radius 2 is 2.04 bits per heavy atom. The first-order valence-corrected chi connectivity index (χ1v) is 7.74. The number of aromatic nitrogens is 3. The minimum absolute atomic E-state index is 0.115. The van der Waals surface area contributed by atoms with E-state index in [1.54, 1.807) is 6.20 Å². The van der Waals surface area contributed by atoms with Crippen molar-refractivity contribution in [1.29, 1.82) is 0 Å². The predicted molar refractivity (Wildman–Crippen MR) is 84.7 cm³/mol. The molecular weight excluding hydrogens is 319 g/mol. The minimum Gasteiger partial charge on any atom is -0.379 e. The molecule has 1 aliphatic rings. The zero-order valence-corrected chi connectivity index (χ0v) is 13.3. The molecule has 0 N–H and O–H groups in total. The van der Waals surface area contributed by atoms with Gasteiger partial charge in [-0.05, 0) is 0 Å². The average Bonchev–Trinajstić information content (AvgIpc) is 3.01. The monoisotopic (exact) mass is 334 g/mol. The summed E-state index contributed by atoms with van der Waals surface area (Å²) in [4.78, 5) is 6.16. The molecule has 0 radical (unpaired) electrons. The molecule has 3 rings (SSSR count). The van der Waals surface area contributed by atoms with Crippen molar-refractivity contribution in [2.75, 3.05) is 32.8 Å². The number of pyridine rings is 1. The van der Waals surface area contributed by atoms with E-state index in [2.05, 4.69) is 26.8 Å². The Morgan fingerprint density at radius 1 is 1.22 bits per heavy atom. The number of hydrogen-bond acceptors (Lipinski definition) is 4. The number of morpholine rings is 1. The lowest BCUT2D eigenvalue weighted by molar-refractivity contribution is 0.0360. The van der Waals surface area contributed by atoms with Gasteiger partial charge in [-0.2, -0.15) is 5.10 Å². The second-order valence-corrected chi connectivity index (χ2v) is 5.57. The topological polar surface area (TPSA) is 43.2 Å². The first-order chi connectivity index (χ1) is 11.2. The summed E-state index contributed by atoms with van der Waals surface area (Å²) in [5.74, 6) is 5.16. The highest BCUT2D eigenvalue weighted by Gasteiger charge is 2.09. The van der Waals surface area contributed by atoms with Gasteiger partial charge in [-0.25, -0.2) is 9.37 Å². The summed E-state index contributed by atoms with van der Waals surface area (Å²) < 4.78 is 20.8. The molecule has 7 heteroatoms. The maximum atomic E-state index is 13.6. The molecule has 1 saturated heterocycles. The molecule has 0 aromatic carbocycles. The van der Waals surface area contributed by atoms with Gasteiger partial charge in [0.2, 0.25) is 0 Å². The molecule has 0 saturated carbocycles. The lowest BCUT2D eigenvalue weighted by Crippen LogP contribution is -2.38. The molecule has 0 atom stereocenters. The largest absolute Gasteiger partial charge is 0.379 e. The van der Waals surface area contributed by atoms with Crippen LogP contribution in [-0.4, -0.2) is 52.5 Å². The molecule has 120 valence electrons. The maximum Gasteiger partial charge on any atom is 0.143 e. The van der Waals surface area contributed by atoms with Crippen LogP contribution in [0.15, 0.2) is 24.7 Å². The third-order valence-corrected chi connectivity index (χ3v) is 3.75. The van der Waals surface area contributed by atoms with Crippen molar-refractivity contribution >= 4 is 11.6 Å². The molecule has 0 spiro atoms. The highest BCUT2D eigenvalue weighted by Crippen LogP contribution is 2.10. The van der Waals surface area contributed by atoms with E-state index in [9.17, 15) is 4.39 Å². The minimum atomic E-state index is -0.475. The highest BCUT2D eigenvalue weighted by molar-refractivity contribution is 6.29. The van der Waals surface area contributed by atoms with E-state index in [0.29, 0.717) is 0 Å². The molecule has 2 aromatic rings. The second kappa shape index (κ2) is 7.55. The first kappa shape index (κ1) is 15.9. The van der Waals surface area contributed by atoms with Crippen LogP contribution in [0.4, 0.5) is 4.39 Å². The summed E-state index contributed by atoms with van der Waals surface area (Å²) in [5, 5.41) is 4.39. The van der Waals surface area contributed by atoms with Crippen LogP contribution < -0.4 is 0 Å². The van der Waals surface area contributed by atoms with E-state index in [0.717, 1.165) is 51.0 Å². The molecule has 0 bridgehead atoms. The lowest BCUT2D eigenvalue weighted by Gasteiger charge is -2.26. The average molecular weight is 335 g/mol. The Bertz CT molecular complexity index is 731. The molecule has 3 heterocycles. The van der Waals surface area contributed by atoms with Gasteiger partial charge in [-0.15, -0.1) is 0 Å². The Morgan fingerprint density at radius 3 is 2.83 bits per heavy atom. The summed E-state index contributed by atoms with van der Waals surface area (Å²) >= 11 is 5.61. The zero-order valence-electron chi connectivity index (χ0n) is 12.5. The SMILES string of the molecule is Fc1cc(Cl)ncc1C#Cc1cnn(CCN2CCOCC2)c1. The summed E-state index contributed by atoms with van der Waals surface area (Å²) in [7, 11) is 0. The van der Waals surface area contributed by atoms with Gasteiger partial charge < -0.3 is 4.74 Å². The van der Waals surface area contributed by atoms with Gasteiger partial charge in [0.25, 0.3) is 0 Å². The van der Waals surface area contributed by atoms with Gasteiger partial charge in [-0.1, -0.05) is 23.4 Å².